The van der Waals surface area contributed by atoms with E-state index in [9.17, 15) is 30.3 Å². The van der Waals surface area contributed by atoms with Gasteiger partial charge in [0.05, 0.1) is 47.6 Å². The molecule has 0 amide bonds. The number of rotatable bonds is 18. The number of methoxy groups -OCH3 is 1. The topological polar surface area (TPSA) is 189 Å². The van der Waals surface area contributed by atoms with Crippen LogP contribution in [0.3, 0.4) is 0 Å². The highest BCUT2D eigenvalue weighted by molar-refractivity contribution is 5.73. The third kappa shape index (κ3) is 14.1. The molecule has 3 heterocycles. The fourth-order valence-corrected chi connectivity index (χ4v) is 10.6. The van der Waals surface area contributed by atoms with Gasteiger partial charge >= 0.3 is 5.97 Å². The molecule has 0 aromatic rings. The second kappa shape index (κ2) is 24.5. The van der Waals surface area contributed by atoms with Crippen LogP contribution in [0.2, 0.25) is 0 Å². The van der Waals surface area contributed by atoms with E-state index in [1.54, 1.807) is 34.6 Å². The lowest BCUT2D eigenvalue weighted by Gasteiger charge is -2.49. The van der Waals surface area contributed by atoms with Gasteiger partial charge in [0.15, 0.2) is 12.6 Å². The van der Waals surface area contributed by atoms with Crippen molar-refractivity contribution in [1.29, 1.82) is 0 Å². The number of nitrogens with one attached hydrogen (secondary N) is 1. The Hall–Kier alpha value is -1.27. The van der Waals surface area contributed by atoms with Gasteiger partial charge in [0.1, 0.15) is 23.9 Å². The SMILES string of the molecule is C=CCCCCCCCCCN[C@@H]1[C@H](C)[C@@H](O)[C@](C)(O)C(CC)OC(=O)[C@H](C)C(O[C@H]2C[C@@](C)(OC)[C@@H](O)[C@H](C)O2)[C@H](C)[C@@H](O[C@@H]2O[C@H](C)C[C@H](N(C)C)[C@H]2O)[C@](C)(O)C[C@H]1C. The van der Waals surface area contributed by atoms with Gasteiger partial charge in [-0.2, -0.15) is 0 Å². The first-order valence-corrected chi connectivity index (χ1v) is 23.8. The highest BCUT2D eigenvalue weighted by Crippen LogP contribution is 2.41. The van der Waals surface area contributed by atoms with Gasteiger partial charge < -0.3 is 64.2 Å². The summed E-state index contributed by atoms with van der Waals surface area (Å²) in [5.74, 6) is -3.28. The highest BCUT2D eigenvalue weighted by atomic mass is 16.7. The van der Waals surface area contributed by atoms with Crippen LogP contribution in [-0.2, 0) is 33.2 Å². The quantitative estimate of drug-likeness (QED) is 0.0577. The molecule has 14 heteroatoms. The van der Waals surface area contributed by atoms with Gasteiger partial charge in [-0.05, 0) is 107 Å². The summed E-state index contributed by atoms with van der Waals surface area (Å²) in [6.45, 7) is 22.4. The maximum absolute atomic E-state index is 14.4. The zero-order chi connectivity index (χ0) is 46.7. The molecule has 3 aliphatic rings. The number of unbranched alkanes of at least 4 members (excludes halogenated alkanes) is 7. The third-order valence-electron chi connectivity index (χ3n) is 14.6. The maximum atomic E-state index is 14.4. The minimum Gasteiger partial charge on any atom is -0.459 e. The fraction of sp³-hybridized carbons (Fsp3) is 0.938. The Balaban J connectivity index is 2.10. The van der Waals surface area contributed by atoms with Gasteiger partial charge in [0, 0.05) is 37.5 Å². The van der Waals surface area contributed by atoms with Gasteiger partial charge in [0.2, 0.25) is 0 Å². The Bertz CT molecular complexity index is 1340. The van der Waals surface area contributed by atoms with Crippen LogP contribution in [0.4, 0.5) is 0 Å². The van der Waals surface area contributed by atoms with Gasteiger partial charge in [0.25, 0.3) is 0 Å². The number of aliphatic hydroxyl groups is 5. The number of carbonyl (C=O) groups excluding carboxylic acids is 1. The second-order valence-corrected chi connectivity index (χ2v) is 20.2. The highest BCUT2D eigenvalue weighted by Gasteiger charge is 2.53. The molecule has 6 N–H and O–H groups in total. The Labute approximate surface area is 374 Å². The molecule has 364 valence electrons. The Kier molecular flexibility index (Phi) is 21.7. The van der Waals surface area contributed by atoms with Crippen molar-refractivity contribution in [3.8, 4) is 0 Å². The van der Waals surface area contributed by atoms with Gasteiger partial charge in [-0.15, -0.1) is 6.58 Å². The molecule has 0 radical (unpaired) electrons. The normalized spacial score (nSPS) is 44.1. The van der Waals surface area contributed by atoms with Crippen LogP contribution in [-0.4, -0.2) is 154 Å². The first-order valence-electron chi connectivity index (χ1n) is 23.8. The van der Waals surface area contributed by atoms with Crippen molar-refractivity contribution < 1.29 is 58.7 Å². The Morgan fingerprint density at radius 2 is 1.48 bits per heavy atom. The van der Waals surface area contributed by atoms with Crippen molar-refractivity contribution in [3.63, 3.8) is 0 Å². The average molecular weight is 887 g/mol. The summed E-state index contributed by atoms with van der Waals surface area (Å²) in [7, 11) is 5.31. The summed E-state index contributed by atoms with van der Waals surface area (Å²) in [6, 6.07) is -0.672. The number of likely N-dealkylation sites (N-methyl/N-ethyl adjacent to an activating group) is 1. The Morgan fingerprint density at radius 1 is 0.871 bits per heavy atom. The van der Waals surface area contributed by atoms with Crippen LogP contribution in [0.25, 0.3) is 0 Å². The van der Waals surface area contributed by atoms with E-state index < -0.39 is 95.8 Å². The lowest BCUT2D eigenvalue weighted by Crippen LogP contribution is -2.62. The number of hydrogen-bond acceptors (Lipinski definition) is 14. The number of esters is 1. The standard InChI is InChI=1S/C48H90N2O12/c1-15-17-18-19-20-21-22-23-24-25-49-38-29(3)27-46(9,55)43(62-45-39(51)35(50(12)13)26-30(4)58-45)32(6)40(61-37-28-47(10,57-14)42(53)34(8)59-37)33(7)44(54)60-36(16-2)48(11,56)41(52)31(38)5/h15,29-43,45,49,51-53,55-56H,1,16-28H2,2-14H3/t29-,30-,31+,32+,33-,34+,35+,36?,37+,38+,39-,40?,41-,42+,43-,45+,46-,47-,48-/m1/s1. The summed E-state index contributed by atoms with van der Waals surface area (Å²) >= 11 is 0. The van der Waals surface area contributed by atoms with E-state index in [2.05, 4.69) is 11.9 Å². The molecule has 0 spiro atoms. The number of cyclic esters (lactones) is 1. The molecule has 62 heavy (non-hydrogen) atoms. The average Bonchev–Trinajstić information content (AvgIpc) is 3.21. The van der Waals surface area contributed by atoms with Crippen LogP contribution in [0.1, 0.15) is 146 Å². The van der Waals surface area contributed by atoms with Crippen LogP contribution < -0.4 is 5.32 Å². The van der Waals surface area contributed by atoms with Crippen LogP contribution in [0.5, 0.6) is 0 Å². The maximum Gasteiger partial charge on any atom is 0.311 e. The number of ether oxygens (including phenoxy) is 6. The molecular formula is C48H90N2O12. The van der Waals surface area contributed by atoms with E-state index in [-0.39, 0.29) is 43.4 Å². The minimum atomic E-state index is -1.83. The summed E-state index contributed by atoms with van der Waals surface area (Å²) in [5.41, 5.74) is -4.49. The summed E-state index contributed by atoms with van der Waals surface area (Å²) in [5, 5.41) is 63.6. The van der Waals surface area contributed by atoms with Crippen LogP contribution in [0, 0.1) is 23.7 Å². The molecule has 14 nitrogen and oxygen atoms in total. The molecule has 3 rings (SSSR count). The molecule has 0 aliphatic carbocycles. The zero-order valence-corrected chi connectivity index (χ0v) is 40.8. The predicted molar refractivity (Wildman–Crippen MR) is 240 cm³/mol. The van der Waals surface area contributed by atoms with Crippen molar-refractivity contribution in [1.82, 2.24) is 10.2 Å². The molecule has 0 aromatic carbocycles. The van der Waals surface area contributed by atoms with Crippen LogP contribution >= 0.6 is 0 Å². The van der Waals surface area contributed by atoms with Gasteiger partial charge in [-0.1, -0.05) is 65.9 Å². The van der Waals surface area contributed by atoms with Gasteiger partial charge in [-0.25, -0.2) is 0 Å². The minimum absolute atomic E-state index is 0.130. The fourth-order valence-electron chi connectivity index (χ4n) is 10.6. The lowest BCUT2D eigenvalue weighted by atomic mass is 9.72. The molecular weight excluding hydrogens is 797 g/mol. The lowest BCUT2D eigenvalue weighted by molar-refractivity contribution is -0.318. The van der Waals surface area contributed by atoms with Crippen molar-refractivity contribution in [2.45, 2.75) is 237 Å². The first-order chi connectivity index (χ1) is 29.0. The van der Waals surface area contributed by atoms with Crippen molar-refractivity contribution >= 4 is 5.97 Å². The summed E-state index contributed by atoms with van der Waals surface area (Å²) in [4.78, 5) is 16.4. The largest absolute Gasteiger partial charge is 0.459 e. The van der Waals surface area contributed by atoms with E-state index in [0.29, 0.717) is 13.0 Å². The molecule has 3 saturated heterocycles. The molecule has 0 aromatic heterocycles. The Morgan fingerprint density at radius 3 is 2.06 bits per heavy atom. The number of nitrogens with zero attached hydrogens (tertiary/aromatic N) is 1. The van der Waals surface area contributed by atoms with Crippen molar-refractivity contribution in [2.75, 3.05) is 27.7 Å². The van der Waals surface area contributed by atoms with E-state index in [4.69, 9.17) is 28.4 Å². The number of hydrogen-bond donors (Lipinski definition) is 6. The first kappa shape index (κ1) is 55.1. The predicted octanol–water partition coefficient (Wildman–Crippen LogP) is 5.48. The second-order valence-electron chi connectivity index (χ2n) is 20.2. The molecule has 0 bridgehead atoms. The van der Waals surface area contributed by atoms with E-state index >= 15 is 0 Å². The summed E-state index contributed by atoms with van der Waals surface area (Å²) in [6.07, 6.45) is 2.42. The molecule has 2 unspecified atom stereocenters. The molecule has 19 atom stereocenters. The third-order valence-corrected chi connectivity index (χ3v) is 14.6. The molecule has 3 fully saturated rings. The summed E-state index contributed by atoms with van der Waals surface area (Å²) < 4.78 is 38.1. The smallest absolute Gasteiger partial charge is 0.311 e. The number of allylic oxidation sites excluding steroid dienone is 1. The van der Waals surface area contributed by atoms with E-state index in [1.165, 1.54) is 39.7 Å². The number of aliphatic hydroxyl groups excluding tert-OH is 3. The van der Waals surface area contributed by atoms with Crippen molar-refractivity contribution in [2.24, 2.45) is 23.7 Å². The van der Waals surface area contributed by atoms with Crippen LogP contribution in [0.15, 0.2) is 12.7 Å². The molecule has 3 aliphatic heterocycles. The molecule has 0 saturated carbocycles. The monoisotopic (exact) mass is 887 g/mol. The number of carbonyl (C=O) groups is 1. The van der Waals surface area contributed by atoms with E-state index in [0.717, 1.165) is 25.7 Å². The van der Waals surface area contributed by atoms with Crippen molar-refractivity contribution in [3.05, 3.63) is 12.7 Å². The van der Waals surface area contributed by atoms with E-state index in [1.807, 2.05) is 52.8 Å². The zero-order valence-electron chi connectivity index (χ0n) is 40.8. The van der Waals surface area contributed by atoms with Gasteiger partial charge in [-0.3, -0.25) is 4.79 Å².